The molecule has 0 bridgehead atoms. The van der Waals surface area contributed by atoms with Crippen molar-refractivity contribution in [3.8, 4) is 11.5 Å². The summed E-state index contributed by atoms with van der Waals surface area (Å²) >= 11 is 0. The van der Waals surface area contributed by atoms with Crippen molar-refractivity contribution in [1.82, 2.24) is 5.32 Å². The maximum Gasteiger partial charge on any atom is 0.261 e. The van der Waals surface area contributed by atoms with E-state index in [1.807, 2.05) is 38.1 Å². The highest BCUT2D eigenvalue weighted by Crippen LogP contribution is 2.19. The molecule has 2 aromatic carbocycles. The number of carbonyl (C=O) groups is 1. The Morgan fingerprint density at radius 1 is 1.08 bits per heavy atom. The smallest absolute Gasteiger partial charge is 0.261 e. The summed E-state index contributed by atoms with van der Waals surface area (Å²) in [6.07, 6.45) is -0.116. The molecule has 0 radical (unpaired) electrons. The zero-order valence-corrected chi connectivity index (χ0v) is 14.1. The molecule has 2 rings (SSSR count). The first-order valence-electron chi connectivity index (χ1n) is 7.90. The van der Waals surface area contributed by atoms with E-state index in [0.717, 1.165) is 11.3 Å². The van der Waals surface area contributed by atoms with Crippen LogP contribution in [0, 0.1) is 5.82 Å². The van der Waals surface area contributed by atoms with Crippen LogP contribution in [0.4, 0.5) is 4.39 Å². The summed E-state index contributed by atoms with van der Waals surface area (Å²) in [6.45, 7) is 3.77. The highest BCUT2D eigenvalue weighted by molar-refractivity contribution is 5.81. The van der Waals surface area contributed by atoms with Crippen LogP contribution in [-0.2, 0) is 4.79 Å². The fourth-order valence-corrected chi connectivity index (χ4v) is 2.28. The normalized spacial score (nSPS) is 13.0. The Bertz CT molecular complexity index is 655. The molecule has 0 aromatic heterocycles. The minimum atomic E-state index is -0.629. The molecule has 4 nitrogen and oxygen atoms in total. The zero-order chi connectivity index (χ0) is 17.5. The molecule has 5 heteroatoms. The second kappa shape index (κ2) is 8.34. The molecule has 0 aliphatic rings. The average molecular weight is 331 g/mol. The molecule has 24 heavy (non-hydrogen) atoms. The van der Waals surface area contributed by atoms with Gasteiger partial charge in [0.1, 0.15) is 17.3 Å². The van der Waals surface area contributed by atoms with Gasteiger partial charge in [-0.2, -0.15) is 0 Å². The highest BCUT2D eigenvalue weighted by Gasteiger charge is 2.20. The highest BCUT2D eigenvalue weighted by atomic mass is 19.1. The summed E-state index contributed by atoms with van der Waals surface area (Å²) in [5.41, 5.74) is 0.973. The molecule has 1 amide bonds. The predicted octanol–water partition coefficient (Wildman–Crippen LogP) is 3.87. The van der Waals surface area contributed by atoms with Crippen LogP contribution in [0.1, 0.15) is 31.9 Å². The molecule has 2 atom stereocenters. The first-order valence-corrected chi connectivity index (χ1v) is 7.90. The molecule has 0 aliphatic carbocycles. The van der Waals surface area contributed by atoms with Gasteiger partial charge in [-0.05, 0) is 55.3 Å². The van der Waals surface area contributed by atoms with Gasteiger partial charge in [0.15, 0.2) is 6.10 Å². The summed E-state index contributed by atoms with van der Waals surface area (Å²) in [5.74, 6) is 0.692. The number of nitrogens with one attached hydrogen (secondary N) is 1. The third-order valence-electron chi connectivity index (χ3n) is 3.73. The van der Waals surface area contributed by atoms with Crippen LogP contribution in [0.2, 0.25) is 0 Å². The minimum Gasteiger partial charge on any atom is -0.497 e. The SMILES string of the molecule is CC[C@@H](Oc1ccc(F)cc1)C(=O)N[C@H](C)c1ccc(OC)cc1. The maximum atomic E-state index is 12.9. The fourth-order valence-electron chi connectivity index (χ4n) is 2.28. The van der Waals surface area contributed by atoms with Crippen LogP contribution >= 0.6 is 0 Å². The van der Waals surface area contributed by atoms with Crippen molar-refractivity contribution in [1.29, 1.82) is 0 Å². The van der Waals surface area contributed by atoms with Crippen LogP contribution in [0.25, 0.3) is 0 Å². The number of carbonyl (C=O) groups excluding carboxylic acids is 1. The van der Waals surface area contributed by atoms with E-state index in [1.165, 1.54) is 24.3 Å². The number of methoxy groups -OCH3 is 1. The Hall–Kier alpha value is -2.56. The standard InChI is InChI=1S/C19H22FNO3/c1-4-18(24-17-11-7-15(20)8-12-17)19(22)21-13(2)14-5-9-16(23-3)10-6-14/h5-13,18H,4H2,1-3H3,(H,21,22)/t13-,18-/m1/s1. The molecule has 0 aliphatic heterocycles. The number of halogens is 1. The summed E-state index contributed by atoms with van der Waals surface area (Å²) in [6, 6.07) is 13.0. The van der Waals surface area contributed by atoms with Crippen molar-refractivity contribution >= 4 is 5.91 Å². The lowest BCUT2D eigenvalue weighted by molar-refractivity contribution is -0.128. The van der Waals surface area contributed by atoms with E-state index in [1.54, 1.807) is 7.11 Å². The molecular formula is C19H22FNO3. The van der Waals surface area contributed by atoms with Crippen LogP contribution in [0.15, 0.2) is 48.5 Å². The third-order valence-corrected chi connectivity index (χ3v) is 3.73. The molecule has 1 N–H and O–H groups in total. The zero-order valence-electron chi connectivity index (χ0n) is 14.1. The minimum absolute atomic E-state index is 0.158. The number of hydrogen-bond acceptors (Lipinski definition) is 3. The Labute approximate surface area is 141 Å². The van der Waals surface area contributed by atoms with Crippen LogP contribution in [-0.4, -0.2) is 19.1 Å². The first-order chi connectivity index (χ1) is 11.5. The maximum absolute atomic E-state index is 12.9. The summed E-state index contributed by atoms with van der Waals surface area (Å²) < 4.78 is 23.7. The molecule has 0 spiro atoms. The second-order valence-electron chi connectivity index (χ2n) is 5.47. The van der Waals surface area contributed by atoms with Gasteiger partial charge in [-0.25, -0.2) is 4.39 Å². The van der Waals surface area contributed by atoms with E-state index in [4.69, 9.17) is 9.47 Å². The van der Waals surface area contributed by atoms with Gasteiger partial charge < -0.3 is 14.8 Å². The van der Waals surface area contributed by atoms with E-state index in [-0.39, 0.29) is 17.8 Å². The lowest BCUT2D eigenvalue weighted by atomic mass is 10.1. The van der Waals surface area contributed by atoms with E-state index >= 15 is 0 Å². The molecule has 0 unspecified atom stereocenters. The van der Waals surface area contributed by atoms with Crippen molar-refractivity contribution in [2.45, 2.75) is 32.4 Å². The average Bonchev–Trinajstić information content (AvgIpc) is 2.61. The van der Waals surface area contributed by atoms with Crippen molar-refractivity contribution in [2.75, 3.05) is 7.11 Å². The number of rotatable bonds is 7. The molecule has 128 valence electrons. The molecule has 0 heterocycles. The quantitative estimate of drug-likeness (QED) is 0.838. The summed E-state index contributed by atoms with van der Waals surface area (Å²) in [4.78, 5) is 12.4. The molecule has 0 saturated heterocycles. The van der Waals surface area contributed by atoms with E-state index in [2.05, 4.69) is 5.32 Å². The van der Waals surface area contributed by atoms with E-state index < -0.39 is 6.10 Å². The lowest BCUT2D eigenvalue weighted by Crippen LogP contribution is -2.39. The van der Waals surface area contributed by atoms with Gasteiger partial charge in [-0.3, -0.25) is 4.79 Å². The lowest BCUT2D eigenvalue weighted by Gasteiger charge is -2.21. The third kappa shape index (κ3) is 4.72. The number of amides is 1. The van der Waals surface area contributed by atoms with Crippen molar-refractivity contribution in [2.24, 2.45) is 0 Å². The molecule has 0 fully saturated rings. The monoisotopic (exact) mass is 331 g/mol. The van der Waals surface area contributed by atoms with Gasteiger partial charge in [0, 0.05) is 0 Å². The van der Waals surface area contributed by atoms with Crippen molar-refractivity contribution < 1.29 is 18.7 Å². The summed E-state index contributed by atoms with van der Waals surface area (Å²) in [7, 11) is 1.61. The predicted molar refractivity (Wildman–Crippen MR) is 90.7 cm³/mol. The Kier molecular flexibility index (Phi) is 6.18. The number of hydrogen-bond donors (Lipinski definition) is 1. The van der Waals surface area contributed by atoms with Gasteiger partial charge in [0.25, 0.3) is 5.91 Å². The molecule has 2 aromatic rings. The van der Waals surface area contributed by atoms with Gasteiger partial charge in [0.05, 0.1) is 13.2 Å². The summed E-state index contributed by atoms with van der Waals surface area (Å²) in [5, 5.41) is 2.94. The van der Waals surface area contributed by atoms with Gasteiger partial charge in [-0.15, -0.1) is 0 Å². The fraction of sp³-hybridized carbons (Fsp3) is 0.316. The van der Waals surface area contributed by atoms with Crippen LogP contribution < -0.4 is 14.8 Å². The molecular weight excluding hydrogens is 309 g/mol. The number of benzene rings is 2. The van der Waals surface area contributed by atoms with Gasteiger partial charge in [0.2, 0.25) is 0 Å². The Morgan fingerprint density at radius 3 is 2.21 bits per heavy atom. The topological polar surface area (TPSA) is 47.6 Å². The van der Waals surface area contributed by atoms with Crippen molar-refractivity contribution in [3.63, 3.8) is 0 Å². The Morgan fingerprint density at radius 2 is 1.67 bits per heavy atom. The molecule has 0 saturated carbocycles. The van der Waals surface area contributed by atoms with Crippen LogP contribution in [0.3, 0.4) is 0 Å². The van der Waals surface area contributed by atoms with Crippen LogP contribution in [0.5, 0.6) is 11.5 Å². The van der Waals surface area contributed by atoms with E-state index in [0.29, 0.717) is 12.2 Å². The van der Waals surface area contributed by atoms with Gasteiger partial charge in [-0.1, -0.05) is 19.1 Å². The second-order valence-corrected chi connectivity index (χ2v) is 5.47. The van der Waals surface area contributed by atoms with E-state index in [9.17, 15) is 9.18 Å². The Balaban J connectivity index is 1.98. The van der Waals surface area contributed by atoms with Gasteiger partial charge >= 0.3 is 0 Å². The first kappa shape index (κ1) is 17.8. The number of ether oxygens (including phenoxy) is 2. The largest absolute Gasteiger partial charge is 0.497 e. The van der Waals surface area contributed by atoms with Crippen molar-refractivity contribution in [3.05, 3.63) is 59.9 Å².